The van der Waals surface area contributed by atoms with Crippen LogP contribution >= 0.6 is 0 Å². The zero-order chi connectivity index (χ0) is 14.1. The lowest BCUT2D eigenvalue weighted by Crippen LogP contribution is -2.20. The van der Waals surface area contributed by atoms with Crippen LogP contribution < -0.4 is 9.88 Å². The van der Waals surface area contributed by atoms with Crippen LogP contribution in [0.1, 0.15) is 24.2 Å². The smallest absolute Gasteiger partial charge is 0.238 e. The lowest BCUT2D eigenvalue weighted by molar-refractivity contribution is 0.0930. The molecule has 0 aliphatic carbocycles. The van der Waals surface area contributed by atoms with Gasteiger partial charge in [0.05, 0.1) is 17.6 Å². The van der Waals surface area contributed by atoms with Crippen molar-refractivity contribution in [3.63, 3.8) is 0 Å². The molecule has 0 atom stereocenters. The highest BCUT2D eigenvalue weighted by molar-refractivity contribution is 7.89. The van der Waals surface area contributed by atoms with Gasteiger partial charge in [-0.1, -0.05) is 13.8 Å². The molecule has 0 aromatic heterocycles. The van der Waals surface area contributed by atoms with Gasteiger partial charge in [-0.2, -0.15) is 0 Å². The Morgan fingerprint density at radius 1 is 1.39 bits per heavy atom. The van der Waals surface area contributed by atoms with Crippen molar-refractivity contribution in [1.29, 1.82) is 0 Å². The van der Waals surface area contributed by atoms with Crippen LogP contribution in [-0.2, 0) is 10.0 Å². The van der Waals surface area contributed by atoms with Gasteiger partial charge in [-0.05, 0) is 12.1 Å². The van der Waals surface area contributed by atoms with E-state index in [1.165, 1.54) is 21.0 Å². The zero-order valence-electron chi connectivity index (χ0n) is 10.2. The first-order valence-electron chi connectivity index (χ1n) is 5.13. The van der Waals surface area contributed by atoms with Crippen molar-refractivity contribution >= 4 is 15.8 Å². The number of ether oxygens (including phenoxy) is 1. The normalized spacial score (nSPS) is 11.7. The first-order chi connectivity index (χ1) is 8.20. The van der Waals surface area contributed by atoms with E-state index >= 15 is 0 Å². The summed E-state index contributed by atoms with van der Waals surface area (Å²) < 4.78 is 41.4. The van der Waals surface area contributed by atoms with E-state index in [1.807, 2.05) is 0 Å². The highest BCUT2D eigenvalue weighted by atomic mass is 32.2. The Morgan fingerprint density at radius 3 is 2.33 bits per heavy atom. The second-order valence-corrected chi connectivity index (χ2v) is 5.55. The van der Waals surface area contributed by atoms with Gasteiger partial charge in [-0.15, -0.1) is 0 Å². The SMILES string of the molecule is COc1ccc(S(N)(=O)=O)c(C(=O)C(C)C)c1F. The molecular weight excluding hydrogens is 261 g/mol. The van der Waals surface area contributed by atoms with Gasteiger partial charge in [0.1, 0.15) is 0 Å². The largest absolute Gasteiger partial charge is 0.494 e. The van der Waals surface area contributed by atoms with Crippen molar-refractivity contribution in [2.75, 3.05) is 7.11 Å². The molecular formula is C11H14FNO4S. The van der Waals surface area contributed by atoms with Crippen LogP contribution in [0, 0.1) is 11.7 Å². The summed E-state index contributed by atoms with van der Waals surface area (Å²) in [4.78, 5) is 11.4. The summed E-state index contributed by atoms with van der Waals surface area (Å²) in [6.07, 6.45) is 0. The third kappa shape index (κ3) is 2.68. The Morgan fingerprint density at radius 2 is 1.94 bits per heavy atom. The quantitative estimate of drug-likeness (QED) is 0.840. The number of carbonyl (C=O) groups is 1. The molecule has 0 fully saturated rings. The molecule has 1 rings (SSSR count). The van der Waals surface area contributed by atoms with E-state index in [2.05, 4.69) is 0 Å². The summed E-state index contributed by atoms with van der Waals surface area (Å²) >= 11 is 0. The third-order valence-electron chi connectivity index (χ3n) is 2.37. The van der Waals surface area contributed by atoms with Gasteiger partial charge < -0.3 is 4.74 Å². The van der Waals surface area contributed by atoms with Crippen LogP contribution in [0.15, 0.2) is 17.0 Å². The first kappa shape index (κ1) is 14.6. The number of hydrogen-bond acceptors (Lipinski definition) is 4. The second kappa shape index (κ2) is 5.03. The summed E-state index contributed by atoms with van der Waals surface area (Å²) in [7, 11) is -2.95. The fraction of sp³-hybridized carbons (Fsp3) is 0.364. The van der Waals surface area contributed by atoms with Gasteiger partial charge in [-0.3, -0.25) is 4.79 Å². The average Bonchev–Trinajstić information content (AvgIpc) is 2.26. The Labute approximate surface area is 105 Å². The third-order valence-corrected chi connectivity index (χ3v) is 3.32. The van der Waals surface area contributed by atoms with Crippen LogP contribution in [0.2, 0.25) is 0 Å². The monoisotopic (exact) mass is 275 g/mol. The molecule has 1 aromatic rings. The molecule has 7 heteroatoms. The molecule has 0 heterocycles. The topological polar surface area (TPSA) is 86.5 Å². The molecule has 0 saturated heterocycles. The van der Waals surface area contributed by atoms with Crippen molar-refractivity contribution in [1.82, 2.24) is 0 Å². The number of ketones is 1. The van der Waals surface area contributed by atoms with E-state index in [0.29, 0.717) is 0 Å². The molecule has 100 valence electrons. The first-order valence-corrected chi connectivity index (χ1v) is 6.68. The molecule has 2 N–H and O–H groups in total. The van der Waals surface area contributed by atoms with E-state index in [4.69, 9.17) is 9.88 Å². The summed E-state index contributed by atoms with van der Waals surface area (Å²) in [5.41, 5.74) is -0.549. The standard InChI is InChI=1S/C11H14FNO4S/c1-6(2)11(14)9-8(18(13,15)16)5-4-7(17-3)10(9)12/h4-6H,1-3H3,(H2,13,15,16). The van der Waals surface area contributed by atoms with Crippen molar-refractivity contribution < 1.29 is 22.3 Å². The molecule has 0 amide bonds. The Kier molecular flexibility index (Phi) is 4.08. The maximum absolute atomic E-state index is 14.0. The molecule has 0 bridgehead atoms. The minimum Gasteiger partial charge on any atom is -0.494 e. The molecule has 0 aliphatic heterocycles. The number of halogens is 1. The fourth-order valence-electron chi connectivity index (χ4n) is 1.45. The summed E-state index contributed by atoms with van der Waals surface area (Å²) in [5.74, 6) is -2.42. The van der Waals surface area contributed by atoms with Crippen LogP contribution in [0.4, 0.5) is 4.39 Å². The van der Waals surface area contributed by atoms with E-state index in [1.54, 1.807) is 0 Å². The minimum absolute atomic E-state index is 0.202. The van der Waals surface area contributed by atoms with Crippen LogP contribution in [-0.4, -0.2) is 21.3 Å². The van der Waals surface area contributed by atoms with Crippen molar-refractivity contribution in [2.45, 2.75) is 18.7 Å². The van der Waals surface area contributed by atoms with Gasteiger partial charge in [-0.25, -0.2) is 17.9 Å². The van der Waals surface area contributed by atoms with E-state index in [9.17, 15) is 17.6 Å². The maximum atomic E-state index is 14.0. The Balaban J connectivity index is 3.66. The van der Waals surface area contributed by atoms with Gasteiger partial charge in [0.15, 0.2) is 17.3 Å². The Bertz CT molecular complexity index is 581. The van der Waals surface area contributed by atoms with Gasteiger partial charge in [0.25, 0.3) is 0 Å². The second-order valence-electron chi connectivity index (χ2n) is 4.02. The number of methoxy groups -OCH3 is 1. The van der Waals surface area contributed by atoms with Crippen LogP contribution in [0.25, 0.3) is 0 Å². The number of rotatable bonds is 4. The van der Waals surface area contributed by atoms with Crippen LogP contribution in [0.3, 0.4) is 0 Å². The molecule has 0 spiro atoms. The summed E-state index contributed by atoms with van der Waals surface area (Å²) in [6.45, 7) is 3.07. The zero-order valence-corrected chi connectivity index (χ0v) is 11.0. The predicted octanol–water partition coefficient (Wildman–Crippen LogP) is 1.32. The molecule has 0 unspecified atom stereocenters. The average molecular weight is 275 g/mol. The van der Waals surface area contributed by atoms with Gasteiger partial charge in [0.2, 0.25) is 10.0 Å². The lowest BCUT2D eigenvalue weighted by Gasteiger charge is -2.12. The van der Waals surface area contributed by atoms with Gasteiger partial charge >= 0.3 is 0 Å². The fourth-order valence-corrected chi connectivity index (χ4v) is 2.18. The molecule has 1 aromatic carbocycles. The molecule has 18 heavy (non-hydrogen) atoms. The van der Waals surface area contributed by atoms with Crippen LogP contribution in [0.5, 0.6) is 5.75 Å². The number of sulfonamides is 1. The minimum atomic E-state index is -4.18. The Hall–Kier alpha value is -1.47. The molecule has 0 saturated carbocycles. The number of primary sulfonamides is 1. The number of nitrogens with two attached hydrogens (primary N) is 1. The molecule has 5 nitrogen and oxygen atoms in total. The number of benzene rings is 1. The molecule has 0 radical (unpaired) electrons. The van der Waals surface area contributed by atoms with E-state index in [0.717, 1.165) is 12.1 Å². The number of carbonyl (C=O) groups excluding carboxylic acids is 1. The number of hydrogen-bond donors (Lipinski definition) is 1. The van der Waals surface area contributed by atoms with Gasteiger partial charge in [0, 0.05) is 5.92 Å². The number of Topliss-reactive ketones (excluding diaryl/α,β-unsaturated/α-hetero) is 1. The maximum Gasteiger partial charge on any atom is 0.238 e. The van der Waals surface area contributed by atoms with Crippen molar-refractivity contribution in [3.8, 4) is 5.75 Å². The summed E-state index contributed by atoms with van der Waals surface area (Å²) in [5, 5.41) is 4.97. The van der Waals surface area contributed by atoms with E-state index in [-0.39, 0.29) is 5.75 Å². The highest BCUT2D eigenvalue weighted by Gasteiger charge is 2.27. The van der Waals surface area contributed by atoms with Crippen molar-refractivity contribution in [2.24, 2.45) is 11.1 Å². The van der Waals surface area contributed by atoms with Crippen molar-refractivity contribution in [3.05, 3.63) is 23.5 Å². The highest BCUT2D eigenvalue weighted by Crippen LogP contribution is 2.28. The predicted molar refractivity (Wildman–Crippen MR) is 63.5 cm³/mol. The summed E-state index contributed by atoms with van der Waals surface area (Å²) in [6, 6.07) is 2.18. The lowest BCUT2D eigenvalue weighted by atomic mass is 10.0. The molecule has 0 aliphatic rings. The van der Waals surface area contributed by atoms with E-state index < -0.39 is 38.0 Å².